The molecule has 2 aromatic rings. The maximum atomic E-state index is 13.2. The SMILES string of the molecule is CCCOc1ccc(F)c(C=O)c1B(O)O.CCCOc1ccc(F)c(C=O)c1Br. The number of rotatable bonds is 9. The van der Waals surface area contributed by atoms with E-state index in [2.05, 4.69) is 15.9 Å². The summed E-state index contributed by atoms with van der Waals surface area (Å²) in [5.41, 5.74) is -0.620. The normalized spacial score (nSPS) is 9.97. The molecule has 30 heavy (non-hydrogen) atoms. The Morgan fingerprint density at radius 1 is 0.900 bits per heavy atom. The number of aldehydes is 2. The zero-order valence-electron chi connectivity index (χ0n) is 16.5. The number of halogens is 3. The highest BCUT2D eigenvalue weighted by Gasteiger charge is 2.24. The smallest absolute Gasteiger partial charge is 0.493 e. The molecule has 162 valence electrons. The summed E-state index contributed by atoms with van der Waals surface area (Å²) in [5.74, 6) is -0.742. The Morgan fingerprint density at radius 3 is 1.83 bits per heavy atom. The van der Waals surface area contributed by atoms with Crippen LogP contribution in [-0.4, -0.2) is 43.0 Å². The predicted molar refractivity (Wildman–Crippen MR) is 113 cm³/mol. The van der Waals surface area contributed by atoms with Gasteiger partial charge in [-0.3, -0.25) is 9.59 Å². The van der Waals surface area contributed by atoms with Crippen molar-refractivity contribution in [2.24, 2.45) is 0 Å². The van der Waals surface area contributed by atoms with Gasteiger partial charge in [-0.25, -0.2) is 8.78 Å². The van der Waals surface area contributed by atoms with Crippen LogP contribution in [0.15, 0.2) is 28.7 Å². The van der Waals surface area contributed by atoms with Crippen LogP contribution in [0.3, 0.4) is 0 Å². The van der Waals surface area contributed by atoms with Crippen molar-refractivity contribution < 1.29 is 37.9 Å². The first-order chi connectivity index (χ1) is 14.3. The third-order valence-electron chi connectivity index (χ3n) is 3.70. The molecule has 0 aromatic heterocycles. The molecule has 2 rings (SSSR count). The Balaban J connectivity index is 0.000000303. The second-order valence-electron chi connectivity index (χ2n) is 5.95. The summed E-state index contributed by atoms with van der Waals surface area (Å²) >= 11 is 3.13. The van der Waals surface area contributed by atoms with Crippen molar-refractivity contribution in [1.82, 2.24) is 0 Å². The summed E-state index contributed by atoms with van der Waals surface area (Å²) in [4.78, 5) is 21.2. The van der Waals surface area contributed by atoms with Gasteiger partial charge in [-0.15, -0.1) is 0 Å². The van der Waals surface area contributed by atoms with Crippen molar-refractivity contribution in [2.45, 2.75) is 26.7 Å². The second-order valence-corrected chi connectivity index (χ2v) is 6.75. The molecule has 2 aromatic carbocycles. The molecular formula is C20H22BBrF2O6. The molecule has 0 amide bonds. The number of ether oxygens (including phenoxy) is 2. The van der Waals surface area contributed by atoms with E-state index < -0.39 is 18.8 Å². The van der Waals surface area contributed by atoms with Crippen LogP contribution in [0, 0.1) is 11.6 Å². The van der Waals surface area contributed by atoms with E-state index in [4.69, 9.17) is 19.5 Å². The minimum atomic E-state index is -1.94. The molecular weight excluding hydrogens is 465 g/mol. The first kappa shape index (κ1) is 25.7. The number of carbonyl (C=O) groups is 2. The van der Waals surface area contributed by atoms with Gasteiger partial charge in [-0.05, 0) is 53.0 Å². The van der Waals surface area contributed by atoms with E-state index >= 15 is 0 Å². The van der Waals surface area contributed by atoms with Crippen molar-refractivity contribution in [2.75, 3.05) is 13.2 Å². The fraction of sp³-hybridized carbons (Fsp3) is 0.300. The van der Waals surface area contributed by atoms with Crippen LogP contribution in [0.1, 0.15) is 47.4 Å². The van der Waals surface area contributed by atoms with E-state index in [1.54, 1.807) is 0 Å². The Kier molecular flexibility index (Phi) is 11.2. The van der Waals surface area contributed by atoms with Gasteiger partial charge in [0.15, 0.2) is 12.6 Å². The zero-order valence-corrected chi connectivity index (χ0v) is 18.1. The third kappa shape index (κ3) is 6.89. The lowest BCUT2D eigenvalue weighted by atomic mass is 9.76. The topological polar surface area (TPSA) is 93.1 Å². The summed E-state index contributed by atoms with van der Waals surface area (Å²) in [6.45, 7) is 4.74. The first-order valence-electron chi connectivity index (χ1n) is 9.14. The van der Waals surface area contributed by atoms with Crippen LogP contribution in [0.25, 0.3) is 0 Å². The van der Waals surface area contributed by atoms with E-state index in [-0.39, 0.29) is 28.6 Å². The largest absolute Gasteiger partial charge is 0.494 e. The van der Waals surface area contributed by atoms with Gasteiger partial charge in [0.05, 0.1) is 28.8 Å². The lowest BCUT2D eigenvalue weighted by molar-refractivity contribution is 0.111. The molecule has 0 spiro atoms. The molecule has 2 N–H and O–H groups in total. The van der Waals surface area contributed by atoms with Crippen LogP contribution in [0.4, 0.5) is 8.78 Å². The average Bonchev–Trinajstić information content (AvgIpc) is 2.72. The molecule has 0 radical (unpaired) electrons. The number of carbonyl (C=O) groups excluding carboxylic acids is 2. The van der Waals surface area contributed by atoms with Gasteiger partial charge < -0.3 is 19.5 Å². The average molecular weight is 487 g/mol. The second kappa shape index (κ2) is 13.1. The lowest BCUT2D eigenvalue weighted by Gasteiger charge is -2.12. The molecule has 0 aliphatic rings. The molecule has 0 heterocycles. The van der Waals surface area contributed by atoms with Gasteiger partial charge in [0.2, 0.25) is 0 Å². The summed E-state index contributed by atoms with van der Waals surface area (Å²) in [7, 11) is -1.94. The first-order valence-corrected chi connectivity index (χ1v) is 9.93. The number of benzene rings is 2. The Labute approximate surface area is 182 Å². The van der Waals surface area contributed by atoms with E-state index in [0.717, 1.165) is 18.9 Å². The Morgan fingerprint density at radius 2 is 1.37 bits per heavy atom. The van der Waals surface area contributed by atoms with E-state index in [9.17, 15) is 18.4 Å². The molecule has 0 saturated carbocycles. The molecule has 6 nitrogen and oxygen atoms in total. The minimum Gasteiger partial charge on any atom is -0.494 e. The minimum absolute atomic E-state index is 0.00129. The van der Waals surface area contributed by atoms with Gasteiger partial charge in [-0.2, -0.15) is 0 Å². The maximum absolute atomic E-state index is 13.2. The molecule has 0 aliphatic heterocycles. The summed E-state index contributed by atoms with van der Waals surface area (Å²) in [6, 6.07) is 5.05. The molecule has 0 bridgehead atoms. The van der Waals surface area contributed by atoms with Gasteiger partial charge in [0.1, 0.15) is 23.1 Å². The van der Waals surface area contributed by atoms with Gasteiger partial charge >= 0.3 is 7.12 Å². The van der Waals surface area contributed by atoms with Crippen molar-refractivity contribution >= 4 is 41.1 Å². The van der Waals surface area contributed by atoms with Gasteiger partial charge in [0, 0.05) is 5.46 Å². The van der Waals surface area contributed by atoms with Crippen molar-refractivity contribution in [3.05, 3.63) is 51.5 Å². The molecule has 0 saturated heterocycles. The van der Waals surface area contributed by atoms with Gasteiger partial charge in [0.25, 0.3) is 0 Å². The molecule has 0 atom stereocenters. The fourth-order valence-electron chi connectivity index (χ4n) is 2.29. The van der Waals surface area contributed by atoms with Crippen LogP contribution < -0.4 is 14.9 Å². The van der Waals surface area contributed by atoms with Crippen molar-refractivity contribution in [1.29, 1.82) is 0 Å². The summed E-state index contributed by atoms with van der Waals surface area (Å²) < 4.78 is 37.1. The van der Waals surface area contributed by atoms with E-state index in [1.165, 1.54) is 18.2 Å². The predicted octanol–water partition coefficient (Wildman–Crippen LogP) is 3.30. The zero-order chi connectivity index (χ0) is 22.7. The number of hydrogen-bond donors (Lipinski definition) is 2. The monoisotopic (exact) mass is 486 g/mol. The highest BCUT2D eigenvalue weighted by Crippen LogP contribution is 2.29. The Hall–Kier alpha value is -2.30. The highest BCUT2D eigenvalue weighted by molar-refractivity contribution is 9.10. The van der Waals surface area contributed by atoms with Crippen LogP contribution in [-0.2, 0) is 0 Å². The van der Waals surface area contributed by atoms with Crippen LogP contribution >= 0.6 is 15.9 Å². The number of hydrogen-bond acceptors (Lipinski definition) is 6. The molecule has 0 unspecified atom stereocenters. The highest BCUT2D eigenvalue weighted by atomic mass is 79.9. The van der Waals surface area contributed by atoms with Crippen LogP contribution in [0.5, 0.6) is 11.5 Å². The quantitative estimate of drug-likeness (QED) is 0.417. The van der Waals surface area contributed by atoms with Gasteiger partial charge in [-0.1, -0.05) is 13.8 Å². The fourth-order valence-corrected chi connectivity index (χ4v) is 2.82. The standard InChI is InChI=1S/C10H12BFO4.C10H10BrFO2/c1-2-5-16-9-4-3-8(12)7(6-13)10(9)11(14)15;1-2-5-14-9-4-3-8(12)7(6-13)10(9)11/h3-4,6,14-15H,2,5H2,1H3;3-4,6H,2,5H2,1H3. The molecule has 0 aliphatic carbocycles. The Bertz CT molecular complexity index is 864. The molecule has 10 heteroatoms. The lowest BCUT2D eigenvalue weighted by Crippen LogP contribution is -2.35. The summed E-state index contributed by atoms with van der Waals surface area (Å²) in [5, 5.41) is 18.2. The maximum Gasteiger partial charge on any atom is 0.493 e. The molecule has 0 fully saturated rings. The third-order valence-corrected chi connectivity index (χ3v) is 4.52. The van der Waals surface area contributed by atoms with Crippen LogP contribution in [0.2, 0.25) is 0 Å². The van der Waals surface area contributed by atoms with E-state index in [0.29, 0.717) is 29.7 Å². The van der Waals surface area contributed by atoms with E-state index in [1.807, 2.05) is 13.8 Å². The van der Waals surface area contributed by atoms with Crippen molar-refractivity contribution in [3.8, 4) is 11.5 Å². The summed E-state index contributed by atoms with van der Waals surface area (Å²) in [6.07, 6.45) is 2.29. The van der Waals surface area contributed by atoms with Crippen molar-refractivity contribution in [3.63, 3.8) is 0 Å².